The zero-order valence-corrected chi connectivity index (χ0v) is 19.4. The van der Waals surface area contributed by atoms with Gasteiger partial charge in [-0.1, -0.05) is 13.0 Å². The van der Waals surface area contributed by atoms with E-state index in [9.17, 15) is 4.79 Å². The van der Waals surface area contributed by atoms with Gasteiger partial charge < -0.3 is 20.3 Å². The number of piperidine rings is 1. The van der Waals surface area contributed by atoms with E-state index in [-0.39, 0.29) is 42.9 Å². The molecular formula is C21H36Cl2N4O2. The molecule has 0 aromatic carbocycles. The van der Waals surface area contributed by atoms with Crippen molar-refractivity contribution in [1.82, 2.24) is 15.6 Å². The maximum atomic E-state index is 12.3. The van der Waals surface area contributed by atoms with Crippen LogP contribution in [0.3, 0.4) is 0 Å². The summed E-state index contributed by atoms with van der Waals surface area (Å²) in [6.07, 6.45) is 5.28. The van der Waals surface area contributed by atoms with Gasteiger partial charge in [0.15, 0.2) is 0 Å². The molecular weight excluding hydrogens is 411 g/mol. The van der Waals surface area contributed by atoms with E-state index in [1.807, 2.05) is 12.3 Å². The molecule has 6 nitrogen and oxygen atoms in total. The van der Waals surface area contributed by atoms with Gasteiger partial charge in [-0.25, -0.2) is 4.98 Å². The van der Waals surface area contributed by atoms with Crippen LogP contribution in [0.25, 0.3) is 0 Å². The van der Waals surface area contributed by atoms with Gasteiger partial charge in [-0.2, -0.15) is 0 Å². The third kappa shape index (κ3) is 7.93. The number of anilines is 1. The minimum Gasteiger partial charge on any atom is -0.372 e. The number of rotatable bonds is 6. The second-order valence-electron chi connectivity index (χ2n) is 8.23. The first-order valence-corrected chi connectivity index (χ1v) is 10.3. The number of hydrogen-bond acceptors (Lipinski definition) is 5. The number of nitrogens with zero attached hydrogens (tertiary/aromatic N) is 2. The van der Waals surface area contributed by atoms with Gasteiger partial charge in [-0.15, -0.1) is 24.8 Å². The summed E-state index contributed by atoms with van der Waals surface area (Å²) >= 11 is 0. The Kier molecular flexibility index (Phi) is 11.3. The molecule has 0 radical (unpaired) electrons. The third-order valence-corrected chi connectivity index (χ3v) is 5.74. The van der Waals surface area contributed by atoms with E-state index in [0.717, 1.165) is 37.6 Å². The van der Waals surface area contributed by atoms with Crippen LogP contribution in [0.15, 0.2) is 18.3 Å². The molecule has 2 aliphatic rings. The highest BCUT2D eigenvalue weighted by molar-refractivity contribution is 5.85. The van der Waals surface area contributed by atoms with Gasteiger partial charge in [0.05, 0.1) is 12.2 Å². The number of halogens is 2. The summed E-state index contributed by atoms with van der Waals surface area (Å²) in [7, 11) is 0. The number of hydrogen-bond donors (Lipinski definition) is 2. The molecule has 166 valence electrons. The van der Waals surface area contributed by atoms with Crippen LogP contribution in [0.5, 0.6) is 0 Å². The van der Waals surface area contributed by atoms with Crippen molar-refractivity contribution in [3.05, 3.63) is 23.9 Å². The van der Waals surface area contributed by atoms with Crippen molar-refractivity contribution in [1.29, 1.82) is 0 Å². The van der Waals surface area contributed by atoms with Gasteiger partial charge in [0.1, 0.15) is 5.82 Å². The fourth-order valence-electron chi connectivity index (χ4n) is 4.22. The molecule has 2 N–H and O–H groups in total. The quantitative estimate of drug-likeness (QED) is 0.701. The van der Waals surface area contributed by atoms with Crippen molar-refractivity contribution < 1.29 is 9.53 Å². The molecule has 1 aromatic rings. The van der Waals surface area contributed by atoms with E-state index in [0.29, 0.717) is 24.8 Å². The summed E-state index contributed by atoms with van der Waals surface area (Å²) in [5.41, 5.74) is 1.04. The Morgan fingerprint density at radius 1 is 1.24 bits per heavy atom. The normalized spacial score (nSPS) is 23.5. The van der Waals surface area contributed by atoms with Crippen molar-refractivity contribution in [2.45, 2.75) is 58.8 Å². The molecule has 0 spiro atoms. The van der Waals surface area contributed by atoms with Crippen LogP contribution in [0.1, 0.15) is 45.6 Å². The van der Waals surface area contributed by atoms with E-state index in [1.165, 1.54) is 12.8 Å². The predicted molar refractivity (Wildman–Crippen MR) is 122 cm³/mol. The highest BCUT2D eigenvalue weighted by Crippen LogP contribution is 2.24. The Bertz CT molecular complexity index is 601. The molecule has 0 aliphatic carbocycles. The van der Waals surface area contributed by atoms with E-state index < -0.39 is 0 Å². The van der Waals surface area contributed by atoms with E-state index in [1.54, 1.807) is 0 Å². The second kappa shape index (κ2) is 12.6. The topological polar surface area (TPSA) is 66.5 Å². The summed E-state index contributed by atoms with van der Waals surface area (Å²) in [5, 5.41) is 6.44. The SMILES string of the molecule is CC1CN(c2ccc(CNC(=O)CC(C)C3CCNCC3)cn2)CC(C)O1.Cl.Cl. The summed E-state index contributed by atoms with van der Waals surface area (Å²) in [6, 6.07) is 4.10. The first kappa shape index (κ1) is 26.0. The molecule has 0 bridgehead atoms. The zero-order valence-electron chi connectivity index (χ0n) is 17.7. The lowest BCUT2D eigenvalue weighted by Crippen LogP contribution is -2.45. The fraction of sp³-hybridized carbons (Fsp3) is 0.714. The molecule has 3 unspecified atom stereocenters. The van der Waals surface area contributed by atoms with Gasteiger partial charge in [-0.05, 0) is 63.2 Å². The van der Waals surface area contributed by atoms with E-state index >= 15 is 0 Å². The number of aromatic nitrogens is 1. The number of pyridine rings is 1. The van der Waals surface area contributed by atoms with Crippen molar-refractivity contribution >= 4 is 36.5 Å². The number of carbonyl (C=O) groups is 1. The highest BCUT2D eigenvalue weighted by Gasteiger charge is 2.23. The van der Waals surface area contributed by atoms with Gasteiger partial charge in [0, 0.05) is 32.3 Å². The minimum absolute atomic E-state index is 0. The zero-order chi connectivity index (χ0) is 19.2. The molecule has 1 aromatic heterocycles. The van der Waals surface area contributed by atoms with Gasteiger partial charge in [0.25, 0.3) is 0 Å². The van der Waals surface area contributed by atoms with Crippen LogP contribution in [0, 0.1) is 11.8 Å². The van der Waals surface area contributed by atoms with E-state index in [2.05, 4.69) is 47.4 Å². The lowest BCUT2D eigenvalue weighted by atomic mass is 9.84. The van der Waals surface area contributed by atoms with Crippen LogP contribution < -0.4 is 15.5 Å². The molecule has 2 fully saturated rings. The average molecular weight is 447 g/mol. The van der Waals surface area contributed by atoms with Gasteiger partial charge in [-0.3, -0.25) is 4.79 Å². The maximum Gasteiger partial charge on any atom is 0.220 e. The third-order valence-electron chi connectivity index (χ3n) is 5.74. The minimum atomic E-state index is 0. The van der Waals surface area contributed by atoms with E-state index in [4.69, 9.17) is 4.74 Å². The van der Waals surface area contributed by atoms with Gasteiger partial charge >= 0.3 is 0 Å². The lowest BCUT2D eigenvalue weighted by Gasteiger charge is -2.36. The first-order chi connectivity index (χ1) is 13.0. The molecule has 8 heteroatoms. The standard InChI is InChI=1S/C21H34N4O2.2ClH/c1-15(19-6-8-22-9-7-19)10-21(26)24-12-18-4-5-20(23-11-18)25-13-16(2)27-17(3)14-25;;/h4-5,11,15-17,19,22H,6-10,12-14H2,1-3H3,(H,24,26);2*1H. The van der Waals surface area contributed by atoms with Crippen LogP contribution in [-0.2, 0) is 16.1 Å². The van der Waals surface area contributed by atoms with Crippen molar-refractivity contribution in [3.63, 3.8) is 0 Å². The smallest absolute Gasteiger partial charge is 0.220 e. The van der Waals surface area contributed by atoms with Crippen LogP contribution in [-0.4, -0.2) is 49.3 Å². The molecule has 2 aliphatic heterocycles. The summed E-state index contributed by atoms with van der Waals surface area (Å²) in [5.74, 6) is 2.22. The molecule has 29 heavy (non-hydrogen) atoms. The Hall–Kier alpha value is -1.08. The number of nitrogens with one attached hydrogen (secondary N) is 2. The monoisotopic (exact) mass is 446 g/mol. The Morgan fingerprint density at radius 2 is 1.90 bits per heavy atom. The van der Waals surface area contributed by atoms with Gasteiger partial charge in [0.2, 0.25) is 5.91 Å². The van der Waals surface area contributed by atoms with Crippen molar-refractivity contribution in [2.75, 3.05) is 31.1 Å². The van der Waals surface area contributed by atoms with Crippen LogP contribution >= 0.6 is 24.8 Å². The van der Waals surface area contributed by atoms with Crippen molar-refractivity contribution in [3.8, 4) is 0 Å². The Morgan fingerprint density at radius 3 is 2.48 bits per heavy atom. The number of amides is 1. The highest BCUT2D eigenvalue weighted by atomic mass is 35.5. The predicted octanol–water partition coefficient (Wildman–Crippen LogP) is 3.18. The second-order valence-corrected chi connectivity index (χ2v) is 8.23. The number of ether oxygens (including phenoxy) is 1. The Labute approximate surface area is 187 Å². The lowest BCUT2D eigenvalue weighted by molar-refractivity contribution is -0.122. The largest absolute Gasteiger partial charge is 0.372 e. The van der Waals surface area contributed by atoms with Crippen molar-refractivity contribution in [2.24, 2.45) is 11.8 Å². The molecule has 3 heterocycles. The fourth-order valence-corrected chi connectivity index (χ4v) is 4.22. The number of morpholine rings is 1. The molecule has 2 saturated heterocycles. The maximum absolute atomic E-state index is 12.3. The average Bonchev–Trinajstić information content (AvgIpc) is 2.66. The number of carbonyl (C=O) groups excluding carboxylic acids is 1. The molecule has 1 amide bonds. The van der Waals surface area contributed by atoms with Crippen LogP contribution in [0.4, 0.5) is 5.82 Å². The Balaban J connectivity index is 0.00000210. The first-order valence-electron chi connectivity index (χ1n) is 10.3. The molecule has 3 atom stereocenters. The molecule has 3 rings (SSSR count). The van der Waals surface area contributed by atoms with Crippen LogP contribution in [0.2, 0.25) is 0 Å². The summed E-state index contributed by atoms with van der Waals surface area (Å²) in [4.78, 5) is 19.1. The molecule has 0 saturated carbocycles. The summed E-state index contributed by atoms with van der Waals surface area (Å²) in [6.45, 7) is 10.8. The summed E-state index contributed by atoms with van der Waals surface area (Å²) < 4.78 is 5.78.